The molecule has 0 radical (unpaired) electrons. The molecule has 2 rings (SSSR count). The number of benzene rings is 2. The summed E-state index contributed by atoms with van der Waals surface area (Å²) < 4.78 is 0. The normalized spacial score (nSPS) is 11.5. The van der Waals surface area contributed by atoms with Crippen LogP contribution in [0.2, 0.25) is 0 Å². The number of carbonyl (C=O) groups excluding carboxylic acids is 2. The van der Waals surface area contributed by atoms with Crippen molar-refractivity contribution in [3.8, 4) is 0 Å². The molecule has 1 atom stereocenters. The molecule has 2 aromatic carbocycles. The molecule has 0 heterocycles. The van der Waals surface area contributed by atoms with E-state index >= 15 is 0 Å². The molecule has 0 saturated heterocycles. The van der Waals surface area contributed by atoms with Crippen molar-refractivity contribution < 1.29 is 19.5 Å². The smallest absolute Gasteiger partial charge is 0.330 e. The number of nitrogens with zero attached hydrogens (tertiary/aromatic N) is 1. The second-order valence-electron chi connectivity index (χ2n) is 6.80. The number of amides is 2. The summed E-state index contributed by atoms with van der Waals surface area (Å²) in [6.07, 6.45) is 0.618. The molecule has 148 valence electrons. The van der Waals surface area contributed by atoms with Crippen LogP contribution in [0.1, 0.15) is 35.2 Å². The van der Waals surface area contributed by atoms with Crippen LogP contribution in [-0.2, 0) is 20.8 Å². The van der Waals surface area contributed by atoms with Crippen LogP contribution in [0.3, 0.4) is 0 Å². The summed E-state index contributed by atoms with van der Waals surface area (Å²) >= 11 is 0. The average molecular weight is 382 g/mol. The number of hydrogen-bond acceptors (Lipinski definition) is 3. The molecular formula is C22H26N2O4. The third kappa shape index (κ3) is 5.67. The van der Waals surface area contributed by atoms with Gasteiger partial charge in [0.15, 0.2) is 6.04 Å². The van der Waals surface area contributed by atoms with Crippen LogP contribution in [0.15, 0.2) is 48.5 Å². The molecular weight excluding hydrogens is 356 g/mol. The minimum absolute atomic E-state index is 0.184. The third-order valence-electron chi connectivity index (χ3n) is 4.80. The highest BCUT2D eigenvalue weighted by Crippen LogP contribution is 2.21. The number of hydrogen-bond donors (Lipinski definition) is 2. The lowest BCUT2D eigenvalue weighted by atomic mass is 9.97. The average Bonchev–Trinajstić information content (AvgIpc) is 2.66. The lowest BCUT2D eigenvalue weighted by Crippen LogP contribution is -2.43. The molecule has 0 spiro atoms. The molecule has 2 N–H and O–H groups in total. The fourth-order valence-corrected chi connectivity index (χ4v) is 3.00. The topological polar surface area (TPSA) is 86.7 Å². The van der Waals surface area contributed by atoms with Crippen LogP contribution < -0.4 is 5.32 Å². The summed E-state index contributed by atoms with van der Waals surface area (Å²) in [6.45, 7) is 5.32. The van der Waals surface area contributed by atoms with Crippen LogP contribution in [-0.4, -0.2) is 40.9 Å². The minimum atomic E-state index is -1.16. The molecule has 0 aliphatic carbocycles. The van der Waals surface area contributed by atoms with Gasteiger partial charge in [-0.1, -0.05) is 48.5 Å². The van der Waals surface area contributed by atoms with Crippen LogP contribution in [0.25, 0.3) is 0 Å². The second-order valence-corrected chi connectivity index (χ2v) is 6.80. The Balaban J connectivity index is 2.06. The van der Waals surface area contributed by atoms with Crippen LogP contribution in [0.4, 0.5) is 0 Å². The van der Waals surface area contributed by atoms with E-state index in [1.54, 1.807) is 12.1 Å². The highest BCUT2D eigenvalue weighted by molar-refractivity contribution is 5.88. The molecule has 0 bridgehead atoms. The highest BCUT2D eigenvalue weighted by atomic mass is 16.4. The number of aliphatic carboxylic acids is 1. The van der Waals surface area contributed by atoms with Gasteiger partial charge in [0.05, 0.1) is 6.54 Å². The van der Waals surface area contributed by atoms with Gasteiger partial charge in [0.2, 0.25) is 11.8 Å². The molecule has 1 unspecified atom stereocenters. The maximum absolute atomic E-state index is 12.5. The molecule has 0 aromatic heterocycles. The molecule has 6 heteroatoms. The van der Waals surface area contributed by atoms with Crippen LogP contribution in [0, 0.1) is 13.8 Å². The van der Waals surface area contributed by atoms with Crippen molar-refractivity contribution in [2.75, 3.05) is 13.1 Å². The van der Waals surface area contributed by atoms with Gasteiger partial charge in [-0.15, -0.1) is 0 Å². The van der Waals surface area contributed by atoms with Crippen molar-refractivity contribution in [2.24, 2.45) is 0 Å². The van der Waals surface area contributed by atoms with Crippen LogP contribution >= 0.6 is 0 Å². The molecule has 0 aliphatic rings. The molecule has 2 aromatic rings. The number of rotatable bonds is 8. The fraction of sp³-hybridized carbons (Fsp3) is 0.318. The van der Waals surface area contributed by atoms with E-state index in [9.17, 15) is 19.5 Å². The standard InChI is InChI=1S/C22H26N2O4/c1-15-8-7-11-19(16(15)2)21(22(27)28)23-20(26)14-24(17(3)25)13-12-18-9-5-4-6-10-18/h4-11,21H,12-14H2,1-3H3,(H,23,26)(H,27,28). The Kier molecular flexibility index (Phi) is 7.32. The summed E-state index contributed by atoms with van der Waals surface area (Å²) in [7, 11) is 0. The van der Waals surface area contributed by atoms with Gasteiger partial charge < -0.3 is 15.3 Å². The Morgan fingerprint density at radius 3 is 2.32 bits per heavy atom. The maximum Gasteiger partial charge on any atom is 0.330 e. The molecule has 0 fully saturated rings. The van der Waals surface area contributed by atoms with E-state index in [0.29, 0.717) is 18.5 Å². The van der Waals surface area contributed by atoms with Crippen LogP contribution in [0.5, 0.6) is 0 Å². The van der Waals surface area contributed by atoms with Crippen molar-refractivity contribution in [1.29, 1.82) is 0 Å². The van der Waals surface area contributed by atoms with E-state index < -0.39 is 17.9 Å². The summed E-state index contributed by atoms with van der Waals surface area (Å²) in [5.41, 5.74) is 3.38. The van der Waals surface area contributed by atoms with E-state index in [1.165, 1.54) is 11.8 Å². The second kappa shape index (κ2) is 9.69. The van der Waals surface area contributed by atoms with Crippen molar-refractivity contribution in [3.05, 3.63) is 70.8 Å². The molecule has 28 heavy (non-hydrogen) atoms. The highest BCUT2D eigenvalue weighted by Gasteiger charge is 2.25. The number of carboxylic acid groups (broad SMARTS) is 1. The van der Waals surface area contributed by atoms with Crippen molar-refractivity contribution in [2.45, 2.75) is 33.2 Å². The van der Waals surface area contributed by atoms with Gasteiger partial charge in [-0.2, -0.15) is 0 Å². The van der Waals surface area contributed by atoms with E-state index in [-0.39, 0.29) is 12.5 Å². The monoisotopic (exact) mass is 382 g/mol. The largest absolute Gasteiger partial charge is 0.479 e. The first-order valence-electron chi connectivity index (χ1n) is 9.17. The Morgan fingerprint density at radius 2 is 1.71 bits per heavy atom. The fourth-order valence-electron chi connectivity index (χ4n) is 3.00. The van der Waals surface area contributed by atoms with Crippen molar-refractivity contribution in [1.82, 2.24) is 10.2 Å². The molecule has 0 aliphatic heterocycles. The zero-order valence-electron chi connectivity index (χ0n) is 16.4. The zero-order valence-corrected chi connectivity index (χ0v) is 16.4. The van der Waals surface area contributed by atoms with Gasteiger partial charge >= 0.3 is 5.97 Å². The van der Waals surface area contributed by atoms with Crippen molar-refractivity contribution in [3.63, 3.8) is 0 Å². The van der Waals surface area contributed by atoms with E-state index in [0.717, 1.165) is 16.7 Å². The molecule has 2 amide bonds. The Morgan fingerprint density at radius 1 is 1.04 bits per heavy atom. The van der Waals surface area contributed by atoms with Gasteiger partial charge in [-0.3, -0.25) is 9.59 Å². The number of carbonyl (C=O) groups is 3. The Labute approximate surface area is 165 Å². The van der Waals surface area contributed by atoms with Gasteiger partial charge in [-0.05, 0) is 42.5 Å². The minimum Gasteiger partial charge on any atom is -0.479 e. The van der Waals surface area contributed by atoms with Crippen molar-refractivity contribution >= 4 is 17.8 Å². The SMILES string of the molecule is CC(=O)N(CCc1ccccc1)CC(=O)NC(C(=O)O)c1cccc(C)c1C. The summed E-state index contributed by atoms with van der Waals surface area (Å²) in [5, 5.41) is 12.1. The third-order valence-corrected chi connectivity index (χ3v) is 4.80. The Bertz CT molecular complexity index is 849. The Hall–Kier alpha value is -3.15. The van der Waals surface area contributed by atoms with Gasteiger partial charge in [0.1, 0.15) is 0 Å². The first kappa shape index (κ1) is 21.2. The molecule has 0 saturated carbocycles. The summed E-state index contributed by atoms with van der Waals surface area (Å²) in [5.74, 6) is -1.87. The van der Waals surface area contributed by atoms with E-state index in [2.05, 4.69) is 5.32 Å². The van der Waals surface area contributed by atoms with Gasteiger partial charge in [0.25, 0.3) is 0 Å². The van der Waals surface area contributed by atoms with Gasteiger partial charge in [-0.25, -0.2) is 4.79 Å². The summed E-state index contributed by atoms with van der Waals surface area (Å²) in [4.78, 5) is 37.6. The van der Waals surface area contributed by atoms with E-state index in [4.69, 9.17) is 0 Å². The predicted molar refractivity (Wildman–Crippen MR) is 107 cm³/mol. The lowest BCUT2D eigenvalue weighted by molar-refractivity contribution is -0.142. The first-order valence-corrected chi connectivity index (χ1v) is 9.17. The van der Waals surface area contributed by atoms with Gasteiger partial charge in [0, 0.05) is 13.5 Å². The predicted octanol–water partition coefficient (Wildman–Crippen LogP) is 2.64. The number of nitrogens with one attached hydrogen (secondary N) is 1. The first-order chi connectivity index (χ1) is 13.3. The number of aryl methyl sites for hydroxylation is 1. The quantitative estimate of drug-likeness (QED) is 0.735. The molecule has 6 nitrogen and oxygen atoms in total. The maximum atomic E-state index is 12.5. The number of carboxylic acids is 1. The summed E-state index contributed by atoms with van der Waals surface area (Å²) in [6, 6.07) is 13.9. The lowest BCUT2D eigenvalue weighted by Gasteiger charge is -2.23. The van der Waals surface area contributed by atoms with E-state index in [1.807, 2.05) is 50.2 Å². The zero-order chi connectivity index (χ0) is 20.7.